The minimum atomic E-state index is 0.608. The normalized spacial score (nSPS) is 11.5. The molecule has 0 N–H and O–H groups in total. The zero-order valence-electron chi connectivity index (χ0n) is 33.5. The molecule has 0 fully saturated rings. The Hall–Kier alpha value is -7.99. The van der Waals surface area contributed by atoms with Crippen molar-refractivity contribution in [1.82, 2.24) is 19.5 Å². The molecule has 3 aromatic heterocycles. The van der Waals surface area contributed by atoms with Crippen LogP contribution in [0, 0.1) is 0 Å². The Labute approximate surface area is 362 Å². The van der Waals surface area contributed by atoms with Gasteiger partial charge in [0, 0.05) is 53.3 Å². The Morgan fingerprint density at radius 1 is 0.290 bits per heavy atom. The summed E-state index contributed by atoms with van der Waals surface area (Å²) >= 11 is 1.86. The lowest BCUT2D eigenvalue weighted by molar-refractivity contribution is 1.07. The third-order valence-electron chi connectivity index (χ3n) is 11.9. The molecular weight excluding hydrogens is 773 g/mol. The van der Waals surface area contributed by atoms with E-state index >= 15 is 0 Å². The van der Waals surface area contributed by atoms with Crippen LogP contribution in [0.5, 0.6) is 0 Å². The van der Waals surface area contributed by atoms with Crippen molar-refractivity contribution in [3.05, 3.63) is 218 Å². The fraction of sp³-hybridized carbons (Fsp3) is 0. The van der Waals surface area contributed by atoms with E-state index in [1.165, 1.54) is 47.6 Å². The lowest BCUT2D eigenvalue weighted by Crippen LogP contribution is -2.02. The summed E-state index contributed by atoms with van der Waals surface area (Å²) in [5, 5.41) is 5.08. The van der Waals surface area contributed by atoms with E-state index in [9.17, 15) is 0 Å². The Morgan fingerprint density at radius 2 is 0.742 bits per heavy atom. The molecule has 0 amide bonds. The maximum Gasteiger partial charge on any atom is 0.164 e. The van der Waals surface area contributed by atoms with E-state index in [1.807, 2.05) is 35.6 Å². The van der Waals surface area contributed by atoms with E-state index in [0.29, 0.717) is 17.5 Å². The maximum absolute atomic E-state index is 5.28. The van der Waals surface area contributed by atoms with Crippen LogP contribution in [0.3, 0.4) is 0 Å². The van der Waals surface area contributed by atoms with Crippen LogP contribution >= 0.6 is 11.3 Å². The smallest absolute Gasteiger partial charge is 0.164 e. The fourth-order valence-electron chi connectivity index (χ4n) is 8.87. The van der Waals surface area contributed by atoms with Gasteiger partial charge in [-0.1, -0.05) is 176 Å². The summed E-state index contributed by atoms with van der Waals surface area (Å²) in [6, 6.07) is 77.5. The van der Waals surface area contributed by atoms with E-state index in [1.54, 1.807) is 0 Å². The average molecular weight is 809 g/mol. The lowest BCUT2D eigenvalue weighted by atomic mass is 9.98. The molecule has 12 rings (SSSR count). The van der Waals surface area contributed by atoms with Gasteiger partial charge in [0.2, 0.25) is 0 Å². The number of benzene rings is 9. The second-order valence-electron chi connectivity index (χ2n) is 15.6. The van der Waals surface area contributed by atoms with Crippen LogP contribution < -0.4 is 0 Å². The van der Waals surface area contributed by atoms with Gasteiger partial charge in [-0.05, 0) is 75.8 Å². The standard InChI is InChI=1S/C57H36N4S/c1-4-14-37(15-5-1)39-24-26-41(27-25-39)44-34-45(57-59-55(42-18-8-3-9-19-42)58-56(60-57)43-30-28-40(29-31-43)38-16-6-2-7-17-38)36-46(35-44)61-49-22-12-10-20-47(49)53-50(61)32-33-52-54(53)48-21-11-13-23-51(48)62-52/h1-36H. The molecule has 0 aliphatic heterocycles. The van der Waals surface area contributed by atoms with Crippen molar-refractivity contribution in [2.45, 2.75) is 0 Å². The van der Waals surface area contributed by atoms with E-state index in [4.69, 9.17) is 15.0 Å². The van der Waals surface area contributed by atoms with Crippen molar-refractivity contribution in [1.29, 1.82) is 0 Å². The summed E-state index contributed by atoms with van der Waals surface area (Å²) in [5.74, 6) is 1.86. The topological polar surface area (TPSA) is 43.6 Å². The number of nitrogens with zero attached hydrogens (tertiary/aromatic N) is 4. The fourth-order valence-corrected chi connectivity index (χ4v) is 9.98. The van der Waals surface area contributed by atoms with Crippen LogP contribution in [0.4, 0.5) is 0 Å². The third kappa shape index (κ3) is 6.26. The molecular formula is C57H36N4S. The molecule has 0 aliphatic carbocycles. The predicted octanol–water partition coefficient (Wildman–Crippen LogP) is 15.3. The molecule has 9 aromatic carbocycles. The van der Waals surface area contributed by atoms with Gasteiger partial charge in [0.25, 0.3) is 0 Å². The molecule has 62 heavy (non-hydrogen) atoms. The van der Waals surface area contributed by atoms with Crippen LogP contribution in [0.15, 0.2) is 218 Å². The van der Waals surface area contributed by atoms with Crippen molar-refractivity contribution >= 4 is 53.3 Å². The molecule has 3 heterocycles. The molecule has 0 saturated carbocycles. The van der Waals surface area contributed by atoms with Gasteiger partial charge in [-0.2, -0.15) is 0 Å². The summed E-state index contributed by atoms with van der Waals surface area (Å²) in [5.41, 5.74) is 12.9. The second-order valence-corrected chi connectivity index (χ2v) is 16.7. The summed E-state index contributed by atoms with van der Waals surface area (Å²) in [6.07, 6.45) is 0. The minimum absolute atomic E-state index is 0.608. The monoisotopic (exact) mass is 808 g/mol. The Balaban J connectivity index is 1.09. The van der Waals surface area contributed by atoms with Crippen LogP contribution in [-0.4, -0.2) is 19.5 Å². The first kappa shape index (κ1) is 35.9. The van der Waals surface area contributed by atoms with Gasteiger partial charge in [-0.15, -0.1) is 11.3 Å². The van der Waals surface area contributed by atoms with Gasteiger partial charge in [0.05, 0.1) is 11.0 Å². The number of hydrogen-bond acceptors (Lipinski definition) is 4. The lowest BCUT2D eigenvalue weighted by Gasteiger charge is -2.15. The molecule has 290 valence electrons. The average Bonchev–Trinajstić information content (AvgIpc) is 3.90. The number of fused-ring (bicyclic) bond motifs is 7. The Morgan fingerprint density at radius 3 is 1.37 bits per heavy atom. The zero-order chi connectivity index (χ0) is 41.0. The van der Waals surface area contributed by atoms with Crippen LogP contribution in [0.1, 0.15) is 0 Å². The largest absolute Gasteiger partial charge is 0.309 e. The first-order chi connectivity index (χ1) is 30.7. The van der Waals surface area contributed by atoms with E-state index in [0.717, 1.165) is 50.1 Å². The van der Waals surface area contributed by atoms with Gasteiger partial charge in [0.15, 0.2) is 17.5 Å². The highest BCUT2D eigenvalue weighted by Gasteiger charge is 2.20. The molecule has 0 spiro atoms. The highest BCUT2D eigenvalue weighted by molar-refractivity contribution is 7.26. The summed E-state index contributed by atoms with van der Waals surface area (Å²) < 4.78 is 5.01. The van der Waals surface area contributed by atoms with Crippen LogP contribution in [-0.2, 0) is 0 Å². The summed E-state index contributed by atoms with van der Waals surface area (Å²) in [7, 11) is 0. The summed E-state index contributed by atoms with van der Waals surface area (Å²) in [6.45, 7) is 0. The predicted molar refractivity (Wildman–Crippen MR) is 260 cm³/mol. The zero-order valence-corrected chi connectivity index (χ0v) is 34.3. The highest BCUT2D eigenvalue weighted by atomic mass is 32.1. The van der Waals surface area contributed by atoms with Gasteiger partial charge >= 0.3 is 0 Å². The number of hydrogen-bond donors (Lipinski definition) is 0. The van der Waals surface area contributed by atoms with Gasteiger partial charge in [-0.3, -0.25) is 0 Å². The number of thiophene rings is 1. The Kier molecular flexibility index (Phi) is 8.65. The van der Waals surface area contributed by atoms with Crippen LogP contribution in [0.2, 0.25) is 0 Å². The number of rotatable bonds is 7. The maximum atomic E-state index is 5.28. The number of para-hydroxylation sites is 1. The second kappa shape index (κ2) is 14.9. The molecule has 0 bridgehead atoms. The SMILES string of the molecule is c1ccc(-c2ccc(-c3cc(-c4nc(-c5ccccc5)nc(-c5ccc(-c6ccccc6)cc5)n4)cc(-n4c5ccccc5c5c6c(ccc54)sc4ccccc46)c3)cc2)cc1. The van der Waals surface area contributed by atoms with Crippen molar-refractivity contribution in [2.24, 2.45) is 0 Å². The molecule has 0 saturated heterocycles. The van der Waals surface area contributed by atoms with E-state index < -0.39 is 0 Å². The molecule has 12 aromatic rings. The van der Waals surface area contributed by atoms with Crippen LogP contribution in [0.25, 0.3) is 115 Å². The molecule has 0 radical (unpaired) electrons. The van der Waals surface area contributed by atoms with Gasteiger partial charge < -0.3 is 4.57 Å². The molecule has 5 heteroatoms. The van der Waals surface area contributed by atoms with Crippen molar-refractivity contribution in [3.8, 4) is 73.2 Å². The molecule has 4 nitrogen and oxygen atoms in total. The third-order valence-corrected chi connectivity index (χ3v) is 13.0. The van der Waals surface area contributed by atoms with Gasteiger partial charge in [-0.25, -0.2) is 15.0 Å². The van der Waals surface area contributed by atoms with Crippen molar-refractivity contribution in [2.75, 3.05) is 0 Å². The Bertz CT molecular complexity index is 3590. The van der Waals surface area contributed by atoms with Gasteiger partial charge in [0.1, 0.15) is 0 Å². The molecule has 0 aliphatic rings. The first-order valence-corrected chi connectivity index (χ1v) is 21.7. The summed E-state index contributed by atoms with van der Waals surface area (Å²) in [4.78, 5) is 15.6. The first-order valence-electron chi connectivity index (χ1n) is 20.8. The highest BCUT2D eigenvalue weighted by Crippen LogP contribution is 2.44. The van der Waals surface area contributed by atoms with Crippen molar-refractivity contribution in [3.63, 3.8) is 0 Å². The van der Waals surface area contributed by atoms with E-state index in [2.05, 4.69) is 199 Å². The van der Waals surface area contributed by atoms with E-state index in [-0.39, 0.29) is 0 Å². The van der Waals surface area contributed by atoms with Crippen molar-refractivity contribution < 1.29 is 0 Å². The minimum Gasteiger partial charge on any atom is -0.309 e. The molecule has 0 unspecified atom stereocenters. The number of aromatic nitrogens is 4. The quantitative estimate of drug-likeness (QED) is 0.161. The molecule has 0 atom stereocenters.